The van der Waals surface area contributed by atoms with Crippen LogP contribution in [0.25, 0.3) is 0 Å². The minimum absolute atomic E-state index is 0.179. The largest absolute Gasteiger partial charge is 0.465 e. The van der Waals surface area contributed by atoms with E-state index in [2.05, 4.69) is 0 Å². The van der Waals surface area contributed by atoms with E-state index >= 15 is 0 Å². The third-order valence-electron chi connectivity index (χ3n) is 2.24. The van der Waals surface area contributed by atoms with Crippen molar-refractivity contribution >= 4 is 11.7 Å². The van der Waals surface area contributed by atoms with Crippen LogP contribution in [-0.4, -0.2) is 12.6 Å². The molecule has 1 rings (SSSR count). The summed E-state index contributed by atoms with van der Waals surface area (Å²) in [6.07, 6.45) is 0.847. The Labute approximate surface area is 90.2 Å². The van der Waals surface area contributed by atoms with Gasteiger partial charge in [-0.3, -0.25) is 4.79 Å². The molecule has 1 aromatic rings. The lowest BCUT2D eigenvalue weighted by molar-refractivity contribution is -0.145. The first-order valence-corrected chi connectivity index (χ1v) is 5.17. The van der Waals surface area contributed by atoms with Crippen LogP contribution in [0.5, 0.6) is 0 Å². The highest BCUT2D eigenvalue weighted by Gasteiger charge is 2.15. The second kappa shape index (κ2) is 5.39. The molecule has 0 amide bonds. The van der Waals surface area contributed by atoms with Gasteiger partial charge in [0.05, 0.1) is 12.5 Å². The third-order valence-corrected chi connectivity index (χ3v) is 2.24. The molecule has 0 aliphatic carbocycles. The normalized spacial score (nSPS) is 12.1. The second-order valence-electron chi connectivity index (χ2n) is 3.56. The smallest absolute Gasteiger partial charge is 0.313 e. The van der Waals surface area contributed by atoms with Crippen LogP contribution in [0.4, 0.5) is 5.69 Å². The molecule has 2 N–H and O–H groups in total. The summed E-state index contributed by atoms with van der Waals surface area (Å²) in [5.74, 6) is -0.404. The lowest BCUT2D eigenvalue weighted by Crippen LogP contribution is -2.13. The van der Waals surface area contributed by atoms with Gasteiger partial charge >= 0.3 is 5.97 Å². The Kier molecular flexibility index (Phi) is 4.16. The number of hydrogen-bond donors (Lipinski definition) is 1. The molecule has 0 heterocycles. The highest BCUT2D eigenvalue weighted by Crippen LogP contribution is 2.18. The Bertz CT molecular complexity index is 319. The van der Waals surface area contributed by atoms with Crippen molar-refractivity contribution in [3.8, 4) is 0 Å². The number of carbonyl (C=O) groups excluding carboxylic acids is 1. The van der Waals surface area contributed by atoms with E-state index in [0.29, 0.717) is 12.3 Å². The summed E-state index contributed by atoms with van der Waals surface area (Å²) in [6.45, 7) is 4.29. The van der Waals surface area contributed by atoms with Crippen LogP contribution >= 0.6 is 0 Å². The minimum Gasteiger partial charge on any atom is -0.465 e. The molecule has 0 bridgehead atoms. The van der Waals surface area contributed by atoms with E-state index in [1.807, 2.05) is 26.0 Å². The van der Waals surface area contributed by atoms with E-state index in [0.717, 1.165) is 12.0 Å². The molecule has 3 heteroatoms. The molecule has 0 saturated carbocycles. The molecule has 0 aromatic heterocycles. The Morgan fingerprint density at radius 3 is 2.53 bits per heavy atom. The molecule has 82 valence electrons. The van der Waals surface area contributed by atoms with Crippen molar-refractivity contribution in [1.29, 1.82) is 0 Å². The van der Waals surface area contributed by atoms with Crippen molar-refractivity contribution in [3.05, 3.63) is 29.8 Å². The molecule has 1 unspecified atom stereocenters. The molecule has 1 atom stereocenters. The zero-order chi connectivity index (χ0) is 11.3. The van der Waals surface area contributed by atoms with Crippen LogP contribution in [0.15, 0.2) is 24.3 Å². The number of benzene rings is 1. The maximum Gasteiger partial charge on any atom is 0.313 e. The highest BCUT2D eigenvalue weighted by atomic mass is 16.5. The Morgan fingerprint density at radius 2 is 2.00 bits per heavy atom. The number of anilines is 1. The van der Waals surface area contributed by atoms with Gasteiger partial charge in [0.2, 0.25) is 0 Å². The maximum absolute atomic E-state index is 11.5. The predicted molar refractivity (Wildman–Crippen MR) is 60.5 cm³/mol. The first-order chi connectivity index (χ1) is 7.15. The average molecular weight is 207 g/mol. The van der Waals surface area contributed by atoms with E-state index in [4.69, 9.17) is 10.5 Å². The summed E-state index contributed by atoms with van der Waals surface area (Å²) >= 11 is 0. The fourth-order valence-corrected chi connectivity index (χ4v) is 1.25. The third kappa shape index (κ3) is 3.27. The SMILES string of the molecule is CCCOC(=O)C(C)c1ccc(N)cc1. The number of nitrogen functional groups attached to an aromatic ring is 1. The van der Waals surface area contributed by atoms with E-state index in [-0.39, 0.29) is 11.9 Å². The van der Waals surface area contributed by atoms with Crippen molar-refractivity contribution in [2.24, 2.45) is 0 Å². The number of hydrogen-bond acceptors (Lipinski definition) is 3. The maximum atomic E-state index is 11.5. The number of nitrogens with two attached hydrogens (primary N) is 1. The zero-order valence-corrected chi connectivity index (χ0v) is 9.19. The highest BCUT2D eigenvalue weighted by molar-refractivity contribution is 5.77. The molecular formula is C12H17NO2. The van der Waals surface area contributed by atoms with Crippen molar-refractivity contribution in [3.63, 3.8) is 0 Å². The van der Waals surface area contributed by atoms with Gasteiger partial charge in [0.25, 0.3) is 0 Å². The quantitative estimate of drug-likeness (QED) is 0.609. The molecule has 3 nitrogen and oxygen atoms in total. The molecule has 0 radical (unpaired) electrons. The number of rotatable bonds is 4. The lowest BCUT2D eigenvalue weighted by Gasteiger charge is -2.11. The first kappa shape index (κ1) is 11.6. The summed E-state index contributed by atoms with van der Waals surface area (Å²) in [5.41, 5.74) is 7.20. The van der Waals surface area contributed by atoms with E-state index in [9.17, 15) is 4.79 Å². The molecule has 0 spiro atoms. The minimum atomic E-state index is -0.225. The molecule has 0 aliphatic heterocycles. The predicted octanol–water partition coefficient (Wildman–Crippen LogP) is 2.33. The fourth-order valence-electron chi connectivity index (χ4n) is 1.25. The van der Waals surface area contributed by atoms with Crippen molar-refractivity contribution in [2.45, 2.75) is 26.2 Å². The molecular weight excluding hydrogens is 190 g/mol. The van der Waals surface area contributed by atoms with Gasteiger partial charge in [-0.15, -0.1) is 0 Å². The first-order valence-electron chi connectivity index (χ1n) is 5.17. The molecule has 0 fully saturated rings. The monoisotopic (exact) mass is 207 g/mol. The van der Waals surface area contributed by atoms with E-state index in [1.165, 1.54) is 0 Å². The zero-order valence-electron chi connectivity index (χ0n) is 9.19. The van der Waals surface area contributed by atoms with Gasteiger partial charge < -0.3 is 10.5 Å². The molecule has 0 saturated heterocycles. The Hall–Kier alpha value is -1.51. The van der Waals surface area contributed by atoms with Crippen LogP contribution in [0, 0.1) is 0 Å². The van der Waals surface area contributed by atoms with Gasteiger partial charge in [0.15, 0.2) is 0 Å². The topological polar surface area (TPSA) is 52.3 Å². The van der Waals surface area contributed by atoms with Gasteiger partial charge in [0.1, 0.15) is 0 Å². The van der Waals surface area contributed by atoms with Crippen LogP contribution in [0.1, 0.15) is 31.7 Å². The van der Waals surface area contributed by atoms with Crippen molar-refractivity contribution in [2.75, 3.05) is 12.3 Å². The fraction of sp³-hybridized carbons (Fsp3) is 0.417. The standard InChI is InChI=1S/C12H17NO2/c1-3-8-15-12(14)9(2)10-4-6-11(13)7-5-10/h4-7,9H,3,8,13H2,1-2H3. The number of ether oxygens (including phenoxy) is 1. The second-order valence-corrected chi connectivity index (χ2v) is 3.56. The van der Waals surface area contributed by atoms with Crippen LogP contribution in [0.3, 0.4) is 0 Å². The molecule has 15 heavy (non-hydrogen) atoms. The van der Waals surface area contributed by atoms with Crippen molar-refractivity contribution in [1.82, 2.24) is 0 Å². The van der Waals surface area contributed by atoms with Gasteiger partial charge in [-0.05, 0) is 31.0 Å². The summed E-state index contributed by atoms with van der Waals surface area (Å²) < 4.78 is 5.07. The summed E-state index contributed by atoms with van der Waals surface area (Å²) in [6, 6.07) is 7.29. The lowest BCUT2D eigenvalue weighted by atomic mass is 10.0. The summed E-state index contributed by atoms with van der Waals surface area (Å²) in [5, 5.41) is 0. The van der Waals surface area contributed by atoms with Crippen LogP contribution in [0.2, 0.25) is 0 Å². The van der Waals surface area contributed by atoms with E-state index in [1.54, 1.807) is 12.1 Å². The van der Waals surface area contributed by atoms with Gasteiger partial charge in [-0.2, -0.15) is 0 Å². The molecule has 1 aromatic carbocycles. The number of esters is 1. The van der Waals surface area contributed by atoms with E-state index < -0.39 is 0 Å². The average Bonchev–Trinajstić information content (AvgIpc) is 2.26. The summed E-state index contributed by atoms with van der Waals surface area (Å²) in [4.78, 5) is 11.5. The Morgan fingerprint density at radius 1 is 1.40 bits per heavy atom. The number of carbonyl (C=O) groups is 1. The van der Waals surface area contributed by atoms with Gasteiger partial charge in [-0.25, -0.2) is 0 Å². The van der Waals surface area contributed by atoms with Gasteiger partial charge in [-0.1, -0.05) is 19.1 Å². The summed E-state index contributed by atoms with van der Waals surface area (Å²) in [7, 11) is 0. The van der Waals surface area contributed by atoms with Gasteiger partial charge in [0, 0.05) is 5.69 Å². The van der Waals surface area contributed by atoms with Crippen LogP contribution < -0.4 is 5.73 Å². The Balaban J connectivity index is 2.63. The van der Waals surface area contributed by atoms with Crippen molar-refractivity contribution < 1.29 is 9.53 Å². The van der Waals surface area contributed by atoms with Crippen LogP contribution in [-0.2, 0) is 9.53 Å². The molecule has 0 aliphatic rings.